The van der Waals surface area contributed by atoms with Gasteiger partial charge in [0.2, 0.25) is 0 Å². The molecule has 1 heterocycles. The van der Waals surface area contributed by atoms with Gasteiger partial charge < -0.3 is 24.0 Å². The average molecular weight is 367 g/mol. The standard InChI is InChI=1S/C15H14NO2.HI/c1-16-9-5-8-13(11-16)15(18)10-14(17)12-6-3-2-4-7-12;/h2-9,11H,10H2,1H3;1H/q+1;/p-1. The molecule has 3 nitrogen and oxygen atoms in total. The third-order valence-corrected chi connectivity index (χ3v) is 2.68. The molecule has 0 saturated carbocycles. The zero-order valence-electron chi connectivity index (χ0n) is 10.5. The van der Waals surface area contributed by atoms with Gasteiger partial charge in [0.1, 0.15) is 7.05 Å². The predicted molar refractivity (Wildman–Crippen MR) is 67.3 cm³/mol. The van der Waals surface area contributed by atoms with E-state index in [1.165, 1.54) is 0 Å². The Morgan fingerprint density at radius 2 is 1.53 bits per heavy atom. The largest absolute Gasteiger partial charge is 1.00 e. The van der Waals surface area contributed by atoms with Crippen LogP contribution in [0.2, 0.25) is 0 Å². The Kier molecular flexibility index (Phi) is 5.82. The molecule has 0 amide bonds. The van der Waals surface area contributed by atoms with Gasteiger partial charge >= 0.3 is 0 Å². The number of rotatable bonds is 4. The molecule has 2 rings (SSSR count). The molecule has 4 heteroatoms. The van der Waals surface area contributed by atoms with Gasteiger partial charge in [-0.3, -0.25) is 9.59 Å². The van der Waals surface area contributed by atoms with Crippen LogP contribution in [-0.2, 0) is 7.05 Å². The topological polar surface area (TPSA) is 38.0 Å². The average Bonchev–Trinajstić information content (AvgIpc) is 2.39. The summed E-state index contributed by atoms with van der Waals surface area (Å²) in [5, 5.41) is 0. The molecule has 98 valence electrons. The van der Waals surface area contributed by atoms with E-state index in [4.69, 9.17) is 0 Å². The van der Waals surface area contributed by atoms with Crippen molar-refractivity contribution in [2.75, 3.05) is 0 Å². The Balaban J connectivity index is 0.00000180. The van der Waals surface area contributed by atoms with Crippen molar-refractivity contribution in [2.24, 2.45) is 7.05 Å². The molecule has 0 aliphatic rings. The van der Waals surface area contributed by atoms with Crippen LogP contribution < -0.4 is 28.5 Å². The molecular formula is C15H14INO2. The van der Waals surface area contributed by atoms with Crippen LogP contribution in [0.25, 0.3) is 0 Å². The number of halogens is 1. The molecule has 0 unspecified atom stereocenters. The second-order valence-corrected chi connectivity index (χ2v) is 4.15. The SMILES string of the molecule is C[n+]1cccc(C(=O)CC(=O)c2ccccc2)c1.[I-]. The highest BCUT2D eigenvalue weighted by Gasteiger charge is 2.15. The number of ketones is 2. The van der Waals surface area contributed by atoms with Crippen LogP contribution in [-0.4, -0.2) is 11.6 Å². The third-order valence-electron chi connectivity index (χ3n) is 2.68. The maximum atomic E-state index is 11.9. The van der Waals surface area contributed by atoms with Crippen LogP contribution >= 0.6 is 0 Å². The molecule has 0 bridgehead atoms. The number of nitrogens with zero attached hydrogens (tertiary/aromatic N) is 1. The lowest BCUT2D eigenvalue weighted by Gasteiger charge is -2.00. The summed E-state index contributed by atoms with van der Waals surface area (Å²) in [6, 6.07) is 12.4. The Bertz CT molecular complexity index is 582. The number of hydrogen-bond donors (Lipinski definition) is 0. The molecule has 1 aromatic carbocycles. The summed E-state index contributed by atoms with van der Waals surface area (Å²) in [4.78, 5) is 23.8. The number of carbonyl (C=O) groups is 2. The van der Waals surface area contributed by atoms with Crippen LogP contribution in [0.5, 0.6) is 0 Å². The lowest BCUT2D eigenvalue weighted by atomic mass is 10.0. The second-order valence-electron chi connectivity index (χ2n) is 4.15. The molecule has 19 heavy (non-hydrogen) atoms. The van der Waals surface area contributed by atoms with Gasteiger partial charge in [-0.1, -0.05) is 30.3 Å². The van der Waals surface area contributed by atoms with Crippen LogP contribution in [0.3, 0.4) is 0 Å². The van der Waals surface area contributed by atoms with Crippen molar-refractivity contribution in [3.63, 3.8) is 0 Å². The Labute approximate surface area is 129 Å². The highest BCUT2D eigenvalue weighted by Crippen LogP contribution is 2.07. The molecule has 0 radical (unpaired) electrons. The number of aryl methyl sites for hydroxylation is 1. The van der Waals surface area contributed by atoms with Crippen LogP contribution in [0.1, 0.15) is 27.1 Å². The summed E-state index contributed by atoms with van der Waals surface area (Å²) < 4.78 is 1.79. The zero-order chi connectivity index (χ0) is 13.0. The number of Topliss-reactive ketones (excluding diaryl/α,β-unsaturated/α-hetero) is 2. The first kappa shape index (κ1) is 15.5. The first-order valence-electron chi connectivity index (χ1n) is 5.73. The van der Waals surface area contributed by atoms with Crippen LogP contribution in [0.15, 0.2) is 54.9 Å². The molecule has 0 spiro atoms. The normalized spacial score (nSPS) is 9.53. The fourth-order valence-corrected chi connectivity index (χ4v) is 1.73. The summed E-state index contributed by atoms with van der Waals surface area (Å²) in [6.07, 6.45) is 3.48. The molecule has 0 atom stereocenters. The van der Waals surface area contributed by atoms with Crippen molar-refractivity contribution >= 4 is 11.6 Å². The van der Waals surface area contributed by atoms with Gasteiger partial charge in [0, 0.05) is 11.6 Å². The van der Waals surface area contributed by atoms with Crippen molar-refractivity contribution in [3.8, 4) is 0 Å². The second kappa shape index (κ2) is 7.13. The summed E-state index contributed by atoms with van der Waals surface area (Å²) in [5.74, 6) is -0.299. The summed E-state index contributed by atoms with van der Waals surface area (Å²) in [6.45, 7) is 0. The Morgan fingerprint density at radius 1 is 0.947 bits per heavy atom. The van der Waals surface area contributed by atoms with E-state index >= 15 is 0 Å². The lowest BCUT2D eigenvalue weighted by molar-refractivity contribution is -0.671. The number of carbonyl (C=O) groups excluding carboxylic acids is 2. The number of hydrogen-bond acceptors (Lipinski definition) is 2. The van der Waals surface area contributed by atoms with Gasteiger partial charge in [0.05, 0.1) is 12.0 Å². The van der Waals surface area contributed by atoms with Crippen molar-refractivity contribution in [1.29, 1.82) is 0 Å². The fraction of sp³-hybridized carbons (Fsp3) is 0.133. The quantitative estimate of drug-likeness (QED) is 0.300. The smallest absolute Gasteiger partial charge is 0.179 e. The van der Waals surface area contributed by atoms with E-state index < -0.39 is 0 Å². The van der Waals surface area contributed by atoms with E-state index in [1.54, 1.807) is 47.2 Å². The molecule has 1 aromatic heterocycles. The molecule has 0 saturated heterocycles. The highest BCUT2D eigenvalue weighted by atomic mass is 127. The van der Waals surface area contributed by atoms with Crippen molar-refractivity contribution in [3.05, 3.63) is 66.0 Å². The van der Waals surface area contributed by atoms with E-state index in [0.29, 0.717) is 11.1 Å². The van der Waals surface area contributed by atoms with E-state index in [1.807, 2.05) is 19.3 Å². The van der Waals surface area contributed by atoms with E-state index in [9.17, 15) is 9.59 Å². The number of benzene rings is 1. The molecular weight excluding hydrogens is 353 g/mol. The molecule has 2 aromatic rings. The van der Waals surface area contributed by atoms with Gasteiger partial charge in [-0.2, -0.15) is 0 Å². The van der Waals surface area contributed by atoms with Crippen molar-refractivity contribution in [2.45, 2.75) is 6.42 Å². The highest BCUT2D eigenvalue weighted by molar-refractivity contribution is 6.13. The molecule has 0 aliphatic carbocycles. The van der Waals surface area contributed by atoms with E-state index in [2.05, 4.69) is 0 Å². The van der Waals surface area contributed by atoms with Gasteiger partial charge in [-0.25, -0.2) is 4.57 Å². The monoisotopic (exact) mass is 367 g/mol. The maximum absolute atomic E-state index is 11.9. The third kappa shape index (κ3) is 4.24. The van der Waals surface area contributed by atoms with Gasteiger partial charge in [0.25, 0.3) is 0 Å². The molecule has 0 N–H and O–H groups in total. The fourth-order valence-electron chi connectivity index (χ4n) is 1.73. The van der Waals surface area contributed by atoms with Gasteiger partial charge in [-0.15, -0.1) is 0 Å². The Morgan fingerprint density at radius 3 is 2.16 bits per heavy atom. The summed E-state index contributed by atoms with van der Waals surface area (Å²) in [5.41, 5.74) is 1.13. The minimum absolute atomic E-state index is 0. The van der Waals surface area contributed by atoms with E-state index in [0.717, 1.165) is 0 Å². The van der Waals surface area contributed by atoms with Crippen LogP contribution in [0, 0.1) is 0 Å². The summed E-state index contributed by atoms with van der Waals surface area (Å²) >= 11 is 0. The first-order chi connectivity index (χ1) is 8.66. The lowest BCUT2D eigenvalue weighted by Crippen LogP contribution is -3.00. The predicted octanol–water partition coefficient (Wildman–Crippen LogP) is -1.03. The minimum atomic E-state index is -0.153. The number of pyridine rings is 1. The maximum Gasteiger partial charge on any atom is 0.179 e. The molecule has 0 fully saturated rings. The first-order valence-corrected chi connectivity index (χ1v) is 5.73. The van der Waals surface area contributed by atoms with Gasteiger partial charge in [-0.05, 0) is 6.07 Å². The summed E-state index contributed by atoms with van der Waals surface area (Å²) in [7, 11) is 1.84. The van der Waals surface area contributed by atoms with Gasteiger partial charge in [0.15, 0.2) is 24.0 Å². The zero-order valence-corrected chi connectivity index (χ0v) is 12.7. The Hall–Kier alpha value is -1.56. The van der Waals surface area contributed by atoms with Crippen molar-refractivity contribution in [1.82, 2.24) is 0 Å². The van der Waals surface area contributed by atoms with E-state index in [-0.39, 0.29) is 42.0 Å². The van der Waals surface area contributed by atoms with Crippen LogP contribution in [0.4, 0.5) is 0 Å². The van der Waals surface area contributed by atoms with Crippen molar-refractivity contribution < 1.29 is 38.1 Å². The molecule has 0 aliphatic heterocycles. The number of aromatic nitrogens is 1. The minimum Gasteiger partial charge on any atom is -1.00 e.